The molecule has 0 atom stereocenters. The van der Waals surface area contributed by atoms with Gasteiger partial charge in [0.2, 0.25) is 10.0 Å². The molecule has 4 rings (SSSR count). The number of halogens is 1. The number of benzene rings is 2. The summed E-state index contributed by atoms with van der Waals surface area (Å²) in [7, 11) is -3.60. The number of hydrogen-bond donors (Lipinski definition) is 1. The molecule has 1 aliphatic rings. The number of aromatic nitrogens is 2. The van der Waals surface area contributed by atoms with Crippen LogP contribution in [0.1, 0.15) is 15.9 Å². The first kappa shape index (κ1) is 21.5. The molecular formula is C21H21ClN4O4S. The fourth-order valence-electron chi connectivity index (χ4n) is 3.28. The average Bonchev–Trinajstić information content (AvgIpc) is 3.21. The zero-order valence-electron chi connectivity index (χ0n) is 16.6. The molecule has 8 nitrogen and oxygen atoms in total. The van der Waals surface area contributed by atoms with E-state index in [9.17, 15) is 13.2 Å². The highest BCUT2D eigenvalue weighted by atomic mass is 35.5. The standard InChI is InChI=1S/C21H21ClN4O4S/c22-18-3-1-2-16(14-18)15-26-20(8-9-23-26)24-21(27)17-4-6-19(7-5-17)31(28,29)25-10-12-30-13-11-25/h1-9,14H,10-13,15H2,(H,24,27). The van der Waals surface area contributed by atoms with Crippen molar-refractivity contribution in [3.8, 4) is 0 Å². The van der Waals surface area contributed by atoms with Crippen molar-refractivity contribution < 1.29 is 17.9 Å². The molecule has 3 aromatic rings. The molecule has 0 unspecified atom stereocenters. The molecule has 1 N–H and O–H groups in total. The van der Waals surface area contributed by atoms with Crippen molar-refractivity contribution >= 4 is 33.3 Å². The maximum absolute atomic E-state index is 12.7. The molecule has 1 aromatic heterocycles. The molecule has 1 fully saturated rings. The van der Waals surface area contributed by atoms with Gasteiger partial charge in [0.15, 0.2) is 0 Å². The zero-order valence-corrected chi connectivity index (χ0v) is 18.1. The van der Waals surface area contributed by atoms with Crippen LogP contribution in [0.15, 0.2) is 65.7 Å². The third kappa shape index (κ3) is 4.96. The van der Waals surface area contributed by atoms with E-state index < -0.39 is 10.0 Å². The summed E-state index contributed by atoms with van der Waals surface area (Å²) in [6.07, 6.45) is 1.60. The second kappa shape index (κ2) is 9.19. The number of morpholine rings is 1. The lowest BCUT2D eigenvalue weighted by Gasteiger charge is -2.26. The lowest BCUT2D eigenvalue weighted by atomic mass is 10.2. The minimum atomic E-state index is -3.60. The van der Waals surface area contributed by atoms with Crippen LogP contribution in [0.3, 0.4) is 0 Å². The van der Waals surface area contributed by atoms with Gasteiger partial charge in [-0.05, 0) is 42.0 Å². The van der Waals surface area contributed by atoms with Crippen LogP contribution in [-0.2, 0) is 21.3 Å². The Kier molecular flexibility index (Phi) is 6.38. The average molecular weight is 461 g/mol. The fraction of sp³-hybridized carbons (Fsp3) is 0.238. The van der Waals surface area contributed by atoms with Crippen LogP contribution in [0.25, 0.3) is 0 Å². The lowest BCUT2D eigenvalue weighted by Crippen LogP contribution is -2.40. The quantitative estimate of drug-likeness (QED) is 0.610. The van der Waals surface area contributed by atoms with E-state index in [1.54, 1.807) is 23.0 Å². The van der Waals surface area contributed by atoms with Gasteiger partial charge in [0.05, 0.1) is 30.9 Å². The Morgan fingerprint density at radius 3 is 2.55 bits per heavy atom. The molecule has 1 amide bonds. The van der Waals surface area contributed by atoms with Gasteiger partial charge in [-0.25, -0.2) is 13.1 Å². The van der Waals surface area contributed by atoms with Gasteiger partial charge < -0.3 is 10.1 Å². The number of nitrogens with zero attached hydrogens (tertiary/aromatic N) is 3. The molecule has 0 saturated carbocycles. The Bertz CT molecular complexity index is 1170. The predicted octanol–water partition coefficient (Wildman–Crippen LogP) is 2.86. The Hall–Kier alpha value is -2.72. The third-order valence-corrected chi connectivity index (χ3v) is 7.05. The minimum Gasteiger partial charge on any atom is -0.379 e. The topological polar surface area (TPSA) is 93.5 Å². The number of ether oxygens (including phenoxy) is 1. The van der Waals surface area contributed by atoms with E-state index in [-0.39, 0.29) is 10.8 Å². The van der Waals surface area contributed by atoms with Gasteiger partial charge in [0, 0.05) is 29.7 Å². The first-order valence-corrected chi connectivity index (χ1v) is 11.5. The summed E-state index contributed by atoms with van der Waals surface area (Å²) in [4.78, 5) is 12.8. The van der Waals surface area contributed by atoms with Gasteiger partial charge in [0.1, 0.15) is 5.82 Å². The molecule has 2 aromatic carbocycles. The van der Waals surface area contributed by atoms with Crippen molar-refractivity contribution in [3.05, 3.63) is 76.9 Å². The summed E-state index contributed by atoms with van der Waals surface area (Å²) in [5.41, 5.74) is 1.29. The SMILES string of the molecule is O=C(Nc1ccnn1Cc1cccc(Cl)c1)c1ccc(S(=O)(=O)N2CCOCC2)cc1. The first-order chi connectivity index (χ1) is 14.9. The number of sulfonamides is 1. The van der Waals surface area contributed by atoms with Crippen LogP contribution in [0.2, 0.25) is 5.02 Å². The summed E-state index contributed by atoms with van der Waals surface area (Å²) >= 11 is 6.03. The molecule has 1 aliphatic heterocycles. The monoisotopic (exact) mass is 460 g/mol. The summed E-state index contributed by atoms with van der Waals surface area (Å²) in [6, 6.07) is 15.0. The molecule has 0 radical (unpaired) electrons. The number of nitrogens with one attached hydrogen (secondary N) is 1. The maximum atomic E-state index is 12.7. The van der Waals surface area contributed by atoms with E-state index >= 15 is 0 Å². The Labute approximate surface area is 185 Å². The van der Waals surface area contributed by atoms with Crippen LogP contribution in [0, 0.1) is 0 Å². The molecule has 0 bridgehead atoms. The van der Waals surface area contributed by atoms with E-state index in [0.717, 1.165) is 5.56 Å². The number of carbonyl (C=O) groups excluding carboxylic acids is 1. The van der Waals surface area contributed by atoms with Crippen LogP contribution < -0.4 is 5.32 Å². The van der Waals surface area contributed by atoms with Crippen molar-refractivity contribution in [1.29, 1.82) is 0 Å². The van der Waals surface area contributed by atoms with Gasteiger partial charge in [-0.2, -0.15) is 9.40 Å². The molecule has 0 aliphatic carbocycles. The lowest BCUT2D eigenvalue weighted by molar-refractivity contribution is 0.0730. The van der Waals surface area contributed by atoms with E-state index in [1.807, 2.05) is 18.2 Å². The van der Waals surface area contributed by atoms with Crippen LogP contribution in [0.5, 0.6) is 0 Å². The van der Waals surface area contributed by atoms with Crippen LogP contribution in [0.4, 0.5) is 5.82 Å². The maximum Gasteiger partial charge on any atom is 0.256 e. The molecular weight excluding hydrogens is 440 g/mol. The van der Waals surface area contributed by atoms with Crippen LogP contribution in [-0.4, -0.2) is 54.7 Å². The molecule has 162 valence electrons. The van der Waals surface area contributed by atoms with E-state index in [4.69, 9.17) is 16.3 Å². The second-order valence-electron chi connectivity index (χ2n) is 7.00. The van der Waals surface area contributed by atoms with Gasteiger partial charge in [-0.1, -0.05) is 23.7 Å². The summed E-state index contributed by atoms with van der Waals surface area (Å²) in [5.74, 6) is 0.165. The van der Waals surface area contributed by atoms with Gasteiger partial charge in [0.25, 0.3) is 5.91 Å². The Morgan fingerprint density at radius 1 is 1.10 bits per heavy atom. The number of hydrogen-bond acceptors (Lipinski definition) is 5. The third-order valence-electron chi connectivity index (χ3n) is 4.90. The second-order valence-corrected chi connectivity index (χ2v) is 9.37. The van der Waals surface area contributed by atoms with Crippen molar-refractivity contribution in [1.82, 2.24) is 14.1 Å². The van der Waals surface area contributed by atoms with Gasteiger partial charge in [-0.15, -0.1) is 0 Å². The Balaban J connectivity index is 1.46. The number of amides is 1. The van der Waals surface area contributed by atoms with Crippen molar-refractivity contribution in [2.45, 2.75) is 11.4 Å². The summed E-state index contributed by atoms with van der Waals surface area (Å²) in [5, 5.41) is 7.69. The number of anilines is 1. The summed E-state index contributed by atoms with van der Waals surface area (Å²) in [6.45, 7) is 1.84. The fourth-order valence-corrected chi connectivity index (χ4v) is 4.90. The van der Waals surface area contributed by atoms with Gasteiger partial charge in [-0.3, -0.25) is 4.79 Å². The van der Waals surface area contributed by atoms with Crippen molar-refractivity contribution in [2.75, 3.05) is 31.6 Å². The minimum absolute atomic E-state index is 0.150. The molecule has 31 heavy (non-hydrogen) atoms. The van der Waals surface area contributed by atoms with Crippen molar-refractivity contribution in [2.24, 2.45) is 0 Å². The number of rotatable bonds is 6. The van der Waals surface area contributed by atoms with E-state index in [1.165, 1.54) is 28.6 Å². The van der Waals surface area contributed by atoms with E-state index in [0.29, 0.717) is 49.3 Å². The van der Waals surface area contributed by atoms with Crippen LogP contribution >= 0.6 is 11.6 Å². The highest BCUT2D eigenvalue weighted by molar-refractivity contribution is 7.89. The molecule has 1 saturated heterocycles. The first-order valence-electron chi connectivity index (χ1n) is 9.69. The highest BCUT2D eigenvalue weighted by Gasteiger charge is 2.26. The highest BCUT2D eigenvalue weighted by Crippen LogP contribution is 2.19. The molecule has 10 heteroatoms. The smallest absolute Gasteiger partial charge is 0.256 e. The van der Waals surface area contributed by atoms with Gasteiger partial charge >= 0.3 is 0 Å². The molecule has 2 heterocycles. The largest absolute Gasteiger partial charge is 0.379 e. The zero-order chi connectivity index (χ0) is 21.8. The molecule has 0 spiro atoms. The number of carbonyl (C=O) groups is 1. The van der Waals surface area contributed by atoms with Crippen molar-refractivity contribution in [3.63, 3.8) is 0 Å². The predicted molar refractivity (Wildman–Crippen MR) is 117 cm³/mol. The normalized spacial score (nSPS) is 15.0. The summed E-state index contributed by atoms with van der Waals surface area (Å²) < 4.78 is 33.7. The Morgan fingerprint density at radius 2 is 1.84 bits per heavy atom. The van der Waals surface area contributed by atoms with E-state index in [2.05, 4.69) is 10.4 Å².